The van der Waals surface area contributed by atoms with Crippen LogP contribution in [0.1, 0.15) is 42.9 Å². The molecule has 0 atom stereocenters. The number of hydrogen-bond donors (Lipinski definition) is 11. The highest BCUT2D eigenvalue weighted by atomic mass is 35.5. The number of aromatic amines is 3. The SMILES string of the molecule is CN(C)CCCN.CSc1nccc(=O)[nH]1.Cc1nc(-c2cccc(N)c2)cs1.Cc1nc(-c2cccc(Nc3nccc(=O)[nH]3)c2)cs1.Cc1nc(-c2cccc(Nc3nccc(=O)[nH]3)c2)cs1.Cc1nc(-c2cccc(Nc3nccc(Cl)n3)c2)cs1.Cc1nc(-c2cccc(Nc3nccc(Cl)n3)c2)cs1.Cc1nc(-c2cccc(Nc3nccc(NCCCN(C)C)n3)c2)cs1.Cl. The normalized spacial score (nSPS) is 10.4. The first kappa shape index (κ1) is 105. The number of nitrogen functional groups attached to an aromatic ring is 1. The van der Waals surface area contributed by atoms with Gasteiger partial charge in [-0.3, -0.25) is 24.4 Å². The highest BCUT2D eigenvalue weighted by Gasteiger charge is 2.13. The van der Waals surface area contributed by atoms with Gasteiger partial charge in [0.1, 0.15) is 16.1 Å². The molecule has 136 heavy (non-hydrogen) atoms. The van der Waals surface area contributed by atoms with Crippen molar-refractivity contribution in [2.24, 2.45) is 5.73 Å². The molecule has 18 aromatic rings. The molecular weight excluding hydrogens is 1910 g/mol. The van der Waals surface area contributed by atoms with Gasteiger partial charge in [-0.05, 0) is 199 Å². The molecule has 0 unspecified atom stereocenters. The van der Waals surface area contributed by atoms with E-state index in [4.69, 9.17) is 34.7 Å². The third kappa shape index (κ3) is 36.5. The number of anilines is 12. The Labute approximate surface area is 831 Å². The van der Waals surface area contributed by atoms with Crippen molar-refractivity contribution >= 4 is 185 Å². The van der Waals surface area contributed by atoms with E-state index in [1.54, 1.807) is 98.7 Å². The molecule has 0 saturated heterocycles. The summed E-state index contributed by atoms with van der Waals surface area (Å²) < 4.78 is 0. The summed E-state index contributed by atoms with van der Waals surface area (Å²) in [6.07, 6.45) is 13.4. The Kier molecular flexibility index (Phi) is 42.3. The molecule has 18 rings (SSSR count). The molecule has 0 saturated carbocycles. The molecule has 13 N–H and O–H groups in total. The molecule has 0 amide bonds. The molecule has 0 aliphatic heterocycles. The van der Waals surface area contributed by atoms with Crippen LogP contribution in [0.25, 0.3) is 67.5 Å². The van der Waals surface area contributed by atoms with E-state index in [-0.39, 0.29) is 29.1 Å². The van der Waals surface area contributed by atoms with Gasteiger partial charge in [0.2, 0.25) is 29.7 Å². The third-order valence-electron chi connectivity index (χ3n) is 18.0. The van der Waals surface area contributed by atoms with Crippen molar-refractivity contribution < 1.29 is 0 Å². The number of thioether (sulfide) groups is 1. The van der Waals surface area contributed by atoms with Crippen LogP contribution in [0, 0.1) is 41.5 Å². The van der Waals surface area contributed by atoms with Crippen LogP contribution < -0.4 is 60.0 Å². The first-order valence-electron chi connectivity index (χ1n) is 41.8. The predicted octanol–water partition coefficient (Wildman–Crippen LogP) is 22.0. The zero-order valence-corrected chi connectivity index (χ0v) is 84.0. The Morgan fingerprint density at radius 1 is 0.360 bits per heavy atom. The van der Waals surface area contributed by atoms with Gasteiger partial charge in [-0.15, -0.1) is 80.4 Å². The van der Waals surface area contributed by atoms with E-state index in [1.807, 2.05) is 214 Å². The minimum atomic E-state index is -0.186. The molecule has 0 aliphatic rings. The average molecular weight is 2010 g/mol. The van der Waals surface area contributed by atoms with Crippen molar-refractivity contribution in [3.63, 3.8) is 0 Å². The maximum atomic E-state index is 11.2. The van der Waals surface area contributed by atoms with Crippen LogP contribution in [0.4, 0.5) is 69.7 Å². The summed E-state index contributed by atoms with van der Waals surface area (Å²) in [7, 11) is 8.26. The fraction of sp³-hybridized carbons (Fsp3) is 0.179. The van der Waals surface area contributed by atoms with Gasteiger partial charge in [-0.1, -0.05) is 108 Å². The van der Waals surface area contributed by atoms with Gasteiger partial charge in [0.15, 0.2) is 5.16 Å². The van der Waals surface area contributed by atoms with Crippen molar-refractivity contribution in [2.45, 2.75) is 59.5 Å². The Hall–Kier alpha value is -13.3. The van der Waals surface area contributed by atoms with Crippen molar-refractivity contribution in [3.05, 3.63) is 323 Å². The number of aryl methyl sites for hydroxylation is 6. The number of rotatable bonds is 25. The van der Waals surface area contributed by atoms with E-state index in [2.05, 4.69) is 177 Å². The highest BCUT2D eigenvalue weighted by Crippen LogP contribution is 2.32. The summed E-state index contributed by atoms with van der Waals surface area (Å²) in [6, 6.07) is 56.8. The van der Waals surface area contributed by atoms with Crippen LogP contribution in [0.3, 0.4) is 0 Å². The number of nitrogens with zero attached hydrogens (tertiary/aromatic N) is 17. The van der Waals surface area contributed by atoms with Crippen LogP contribution >= 0.6 is 115 Å². The topological polar surface area (TPSA) is 423 Å². The van der Waals surface area contributed by atoms with Gasteiger partial charge in [-0.25, -0.2) is 69.8 Å². The van der Waals surface area contributed by atoms with Gasteiger partial charge in [0.05, 0.1) is 64.2 Å². The van der Waals surface area contributed by atoms with E-state index in [0.717, 1.165) is 177 Å². The quantitative estimate of drug-likeness (QED) is 0.00832. The van der Waals surface area contributed by atoms with Crippen LogP contribution in [0.2, 0.25) is 10.3 Å². The Morgan fingerprint density at radius 3 is 0.949 bits per heavy atom. The van der Waals surface area contributed by atoms with Gasteiger partial charge in [0.25, 0.3) is 16.7 Å². The summed E-state index contributed by atoms with van der Waals surface area (Å²) in [5.41, 5.74) is 27.9. The molecule has 12 heterocycles. The van der Waals surface area contributed by atoms with E-state index >= 15 is 0 Å². The number of hydrogen-bond acceptors (Lipinski definition) is 35. The molecule has 6 aromatic carbocycles. The summed E-state index contributed by atoms with van der Waals surface area (Å²) in [5.74, 6) is 3.20. The first-order valence-corrected chi connectivity index (χ1v) is 49.0. The maximum Gasteiger partial charge on any atom is 0.252 e. The largest absolute Gasteiger partial charge is 0.399 e. The number of H-pyrrole nitrogens is 3. The lowest BCUT2D eigenvalue weighted by atomic mass is 10.1. The highest BCUT2D eigenvalue weighted by molar-refractivity contribution is 7.98. The Morgan fingerprint density at radius 2 is 0.662 bits per heavy atom. The van der Waals surface area contributed by atoms with E-state index in [9.17, 15) is 14.4 Å². The zero-order valence-electron chi connectivity index (χ0n) is 76.0. The molecule has 12 aromatic heterocycles. The van der Waals surface area contributed by atoms with Gasteiger partial charge >= 0.3 is 0 Å². The van der Waals surface area contributed by atoms with E-state index < -0.39 is 0 Å². The van der Waals surface area contributed by atoms with Crippen molar-refractivity contribution in [2.75, 3.05) is 98.3 Å². The number of nitrogens with one attached hydrogen (secondary N) is 9. The lowest BCUT2D eigenvalue weighted by Crippen LogP contribution is -2.16. The molecular formula is C95H101Cl3N28O3S7. The second-order valence-corrected chi connectivity index (χ2v) is 37.3. The van der Waals surface area contributed by atoms with Crippen LogP contribution in [-0.2, 0) is 0 Å². The summed E-state index contributed by atoms with van der Waals surface area (Å²) in [5, 5.41) is 39.1. The van der Waals surface area contributed by atoms with Crippen LogP contribution in [0.15, 0.2) is 271 Å². The fourth-order valence-corrected chi connectivity index (χ4v) is 16.1. The number of nitrogens with two attached hydrogens (primary N) is 2. The maximum absolute atomic E-state index is 11.2. The monoisotopic (exact) mass is 2010 g/mol. The van der Waals surface area contributed by atoms with Crippen LogP contribution in [-0.4, -0.2) is 160 Å². The molecule has 0 spiro atoms. The van der Waals surface area contributed by atoms with Crippen molar-refractivity contribution in [1.82, 2.24) is 99.5 Å². The Bertz CT molecular complexity index is 6660. The minimum Gasteiger partial charge on any atom is -0.399 e. The average Bonchev–Trinajstić information content (AvgIpc) is 1.55. The van der Waals surface area contributed by atoms with Gasteiger partial charge in [0, 0.05) is 162 Å². The summed E-state index contributed by atoms with van der Waals surface area (Å²) in [6.45, 7) is 15.8. The minimum absolute atomic E-state index is 0. The summed E-state index contributed by atoms with van der Waals surface area (Å²) >= 11 is 22.9. The van der Waals surface area contributed by atoms with Gasteiger partial charge < -0.3 is 58.2 Å². The Balaban J connectivity index is 0.000000164. The van der Waals surface area contributed by atoms with Gasteiger partial charge in [-0.2, -0.15) is 4.98 Å². The second kappa shape index (κ2) is 54.9. The number of thiazole rings is 6. The zero-order chi connectivity index (χ0) is 95.8. The molecule has 0 radical (unpaired) electrons. The molecule has 0 fully saturated rings. The second-order valence-electron chi connectivity index (χ2n) is 29.4. The molecule has 31 nitrogen and oxygen atoms in total. The number of aromatic nitrogens is 18. The standard InChI is InChI=1S/C19H24N6S.2C14H11ClN4S.2C14H12N4OS.C10H10N2S.C5H6N2OS.C5H14N2.ClH/c1-14-22-17(13-26-14)15-6-4-7-16(12-15)23-19-21-10-8-18(24-19)20-9-5-11-25(2)3;2*1-9-17-12(8-20-9)10-3-2-4-11(7-10)18-14-16-6-5-13(15)19-14;2*1-9-16-12(8-20-9)10-3-2-4-11(7-10)17-14-15-6-5-13(19)18-14;1-7-12-10(6-13-7)8-3-2-4-9(11)5-8;1-9-5-6-3-2-4(8)7-5;1-7(2)5-3-4-6;/h4,6-8,10,12-13H,5,9,11H2,1-3H3,(H2,20,21,23,24);2*2-8H,1H3,(H,16,18,19);2*2-8H,1H3,(H2,15,17,18,19);2-6H,11H2,1H3;2-3H,1H3,(H,6,7,8);3-6H2,1-2H3;1H. The molecule has 0 aliphatic carbocycles. The first-order chi connectivity index (χ1) is 65.3. The van der Waals surface area contributed by atoms with Crippen LogP contribution in [0.5, 0.6) is 0 Å². The summed E-state index contributed by atoms with van der Waals surface area (Å²) in [4.78, 5) is 109. The number of halogens is 3. The molecule has 41 heteroatoms. The van der Waals surface area contributed by atoms with Crippen molar-refractivity contribution in [1.29, 1.82) is 0 Å². The van der Waals surface area contributed by atoms with E-state index in [1.165, 1.54) is 48.6 Å². The predicted molar refractivity (Wildman–Crippen MR) is 568 cm³/mol. The smallest absolute Gasteiger partial charge is 0.252 e. The van der Waals surface area contributed by atoms with Crippen molar-refractivity contribution in [3.8, 4) is 67.5 Å². The van der Waals surface area contributed by atoms with E-state index in [0.29, 0.717) is 45.2 Å². The third-order valence-corrected chi connectivity index (χ3v) is 23.6. The molecule has 702 valence electrons. The lowest BCUT2D eigenvalue weighted by Gasteiger charge is -2.11. The molecule has 0 bridgehead atoms. The lowest BCUT2D eigenvalue weighted by molar-refractivity contribution is 0.403. The fourth-order valence-electron chi connectivity index (χ4n) is 11.8. The number of benzene rings is 6.